The minimum atomic E-state index is 0.616. The normalized spacial score (nSPS) is 15.3. The molecule has 0 N–H and O–H groups in total. The van der Waals surface area contributed by atoms with E-state index in [2.05, 4.69) is 86.1 Å². The highest BCUT2D eigenvalue weighted by Gasteiger charge is 2.22. The molecule has 1 aromatic heterocycles. The summed E-state index contributed by atoms with van der Waals surface area (Å²) in [6.45, 7) is 4.29. The molecule has 3 aromatic carbocycles. The first-order valence-electron chi connectivity index (χ1n) is 12.1. The second-order valence-electron chi connectivity index (χ2n) is 9.15. The van der Waals surface area contributed by atoms with E-state index in [1.807, 2.05) is 6.07 Å². The number of benzene rings is 3. The summed E-state index contributed by atoms with van der Waals surface area (Å²) < 4.78 is 11.1. The van der Waals surface area contributed by atoms with Gasteiger partial charge in [-0.1, -0.05) is 67.8 Å². The van der Waals surface area contributed by atoms with Gasteiger partial charge >= 0.3 is 0 Å². The number of pyridine rings is 1. The summed E-state index contributed by atoms with van der Waals surface area (Å²) in [5.41, 5.74) is 8.66. The van der Waals surface area contributed by atoms with Crippen molar-refractivity contribution in [2.75, 3.05) is 0 Å². The molecule has 1 fully saturated rings. The maximum absolute atomic E-state index is 8.88. The Balaban J connectivity index is 1.72. The average molecular weight is 408 g/mol. The SMILES string of the molecule is [2H]c1c(C)[n+](C)c(-c2cc(C3CCCCC3)ccc2C)c2ccc(-c3ccccc3)cc12. The highest BCUT2D eigenvalue weighted by atomic mass is 14.9. The zero-order valence-corrected chi connectivity index (χ0v) is 18.9. The van der Waals surface area contributed by atoms with Crippen LogP contribution in [0.4, 0.5) is 0 Å². The summed E-state index contributed by atoms with van der Waals surface area (Å²) in [5, 5.41) is 2.19. The first kappa shape index (κ1) is 18.8. The van der Waals surface area contributed by atoms with Gasteiger partial charge in [0.25, 0.3) is 0 Å². The monoisotopic (exact) mass is 407 g/mol. The van der Waals surface area contributed by atoms with E-state index in [0.717, 1.165) is 16.5 Å². The van der Waals surface area contributed by atoms with E-state index in [1.165, 1.54) is 65.6 Å². The lowest BCUT2D eigenvalue weighted by molar-refractivity contribution is -0.665. The zero-order chi connectivity index (χ0) is 22.2. The summed E-state index contributed by atoms with van der Waals surface area (Å²) in [4.78, 5) is 0. The second kappa shape index (κ2) is 8.30. The number of hydrogen-bond donors (Lipinski definition) is 0. The smallest absolute Gasteiger partial charge is 0.198 e. The molecule has 1 saturated carbocycles. The number of fused-ring (bicyclic) bond motifs is 1. The van der Waals surface area contributed by atoms with Crippen LogP contribution in [0.15, 0.2) is 72.8 Å². The van der Waals surface area contributed by atoms with Crippen molar-refractivity contribution < 1.29 is 5.94 Å². The number of aromatic nitrogens is 1. The zero-order valence-electron chi connectivity index (χ0n) is 19.9. The molecule has 156 valence electrons. The van der Waals surface area contributed by atoms with Crippen LogP contribution in [0.3, 0.4) is 0 Å². The van der Waals surface area contributed by atoms with Gasteiger partial charge in [-0.05, 0) is 71.5 Å². The van der Waals surface area contributed by atoms with Crippen molar-refractivity contribution in [1.82, 2.24) is 0 Å². The van der Waals surface area contributed by atoms with Crippen LogP contribution in [-0.2, 0) is 7.05 Å². The fourth-order valence-corrected chi connectivity index (χ4v) is 5.20. The van der Waals surface area contributed by atoms with E-state index >= 15 is 0 Å². The standard InChI is InChI=1S/C30H32N/c1-21-14-15-26(24-12-8-5-9-13-24)20-29(21)30-28-17-16-25(23-10-6-4-7-11-23)19-27(28)18-22(2)31(30)3/h4,6-7,10-11,14-20,24H,5,8-9,12-13H2,1-3H3/q+1/i18D. The fraction of sp³-hybridized carbons (Fsp3) is 0.300. The maximum Gasteiger partial charge on any atom is 0.220 e. The summed E-state index contributed by atoms with van der Waals surface area (Å²) in [7, 11) is 2.11. The first-order chi connectivity index (χ1) is 15.5. The van der Waals surface area contributed by atoms with E-state index in [9.17, 15) is 0 Å². The lowest BCUT2D eigenvalue weighted by Crippen LogP contribution is -2.35. The molecule has 1 aliphatic rings. The Morgan fingerprint density at radius 1 is 0.839 bits per heavy atom. The molecule has 0 radical (unpaired) electrons. The van der Waals surface area contributed by atoms with E-state index in [0.29, 0.717) is 12.0 Å². The van der Waals surface area contributed by atoms with Crippen molar-refractivity contribution in [3.05, 3.63) is 89.6 Å². The van der Waals surface area contributed by atoms with Gasteiger partial charge in [0, 0.05) is 18.5 Å². The molecule has 1 heterocycles. The molecule has 1 aliphatic carbocycles. The molecular weight excluding hydrogens is 374 g/mol. The topological polar surface area (TPSA) is 3.88 Å². The predicted octanol–water partition coefficient (Wildman–Crippen LogP) is 7.66. The van der Waals surface area contributed by atoms with Crippen molar-refractivity contribution in [2.45, 2.75) is 51.9 Å². The van der Waals surface area contributed by atoms with Gasteiger partial charge in [0.2, 0.25) is 5.69 Å². The van der Waals surface area contributed by atoms with Crippen LogP contribution in [0.5, 0.6) is 0 Å². The molecular formula is C30H32N+. The van der Waals surface area contributed by atoms with Gasteiger partial charge in [-0.15, -0.1) is 0 Å². The lowest BCUT2D eigenvalue weighted by atomic mass is 9.82. The molecule has 0 saturated heterocycles. The van der Waals surface area contributed by atoms with Crippen LogP contribution in [0.1, 0.15) is 56.2 Å². The van der Waals surface area contributed by atoms with E-state index < -0.39 is 0 Å². The number of hydrogen-bond acceptors (Lipinski definition) is 0. The van der Waals surface area contributed by atoms with Crippen LogP contribution < -0.4 is 4.57 Å². The van der Waals surface area contributed by atoms with Gasteiger partial charge in [0.1, 0.15) is 7.05 Å². The van der Waals surface area contributed by atoms with Crippen LogP contribution in [0.25, 0.3) is 33.2 Å². The molecule has 0 bridgehead atoms. The summed E-state index contributed by atoms with van der Waals surface area (Å²) in [6, 6.07) is 24.8. The van der Waals surface area contributed by atoms with Crippen molar-refractivity contribution in [3.63, 3.8) is 0 Å². The number of nitrogens with zero attached hydrogens (tertiary/aromatic N) is 1. The quantitative estimate of drug-likeness (QED) is 0.307. The van der Waals surface area contributed by atoms with Gasteiger partial charge in [0.05, 0.1) is 6.76 Å². The molecule has 0 amide bonds. The molecule has 5 rings (SSSR count). The Morgan fingerprint density at radius 3 is 2.39 bits per heavy atom. The van der Waals surface area contributed by atoms with Crippen molar-refractivity contribution in [2.24, 2.45) is 7.05 Å². The molecule has 1 heteroatoms. The van der Waals surface area contributed by atoms with Crippen LogP contribution in [-0.4, -0.2) is 0 Å². The molecule has 4 aromatic rings. The summed E-state index contributed by atoms with van der Waals surface area (Å²) in [5.74, 6) is 0.681. The van der Waals surface area contributed by atoms with Crippen molar-refractivity contribution >= 4 is 10.8 Å². The molecule has 0 atom stereocenters. The molecule has 0 unspecified atom stereocenters. The minimum absolute atomic E-state index is 0.616. The third-order valence-electron chi connectivity index (χ3n) is 7.13. The lowest BCUT2D eigenvalue weighted by Gasteiger charge is -2.23. The number of aryl methyl sites for hydroxylation is 1. The van der Waals surface area contributed by atoms with E-state index in [-0.39, 0.29) is 0 Å². The Bertz CT molecular complexity index is 1280. The van der Waals surface area contributed by atoms with E-state index in [1.54, 1.807) is 0 Å². The third kappa shape index (κ3) is 3.78. The predicted molar refractivity (Wildman–Crippen MR) is 131 cm³/mol. The van der Waals surface area contributed by atoms with Gasteiger partial charge in [-0.25, -0.2) is 0 Å². The molecule has 0 spiro atoms. The largest absolute Gasteiger partial charge is 0.220 e. The summed E-state index contributed by atoms with van der Waals surface area (Å²) in [6.07, 6.45) is 6.68. The van der Waals surface area contributed by atoms with Gasteiger partial charge in [-0.3, -0.25) is 0 Å². The van der Waals surface area contributed by atoms with Gasteiger partial charge < -0.3 is 0 Å². The molecule has 0 aliphatic heterocycles. The average Bonchev–Trinajstić information content (AvgIpc) is 2.85. The Morgan fingerprint density at radius 2 is 1.61 bits per heavy atom. The summed E-state index contributed by atoms with van der Waals surface area (Å²) >= 11 is 0. The van der Waals surface area contributed by atoms with E-state index in [4.69, 9.17) is 1.37 Å². The molecule has 31 heavy (non-hydrogen) atoms. The van der Waals surface area contributed by atoms with Crippen LogP contribution >= 0.6 is 0 Å². The highest BCUT2D eigenvalue weighted by molar-refractivity contribution is 5.96. The Labute approximate surface area is 187 Å². The Kier molecular flexibility index (Phi) is 5.04. The van der Waals surface area contributed by atoms with Crippen LogP contribution in [0, 0.1) is 13.8 Å². The van der Waals surface area contributed by atoms with Gasteiger partial charge in [-0.2, -0.15) is 4.57 Å². The van der Waals surface area contributed by atoms with Gasteiger partial charge in [0.15, 0.2) is 5.69 Å². The van der Waals surface area contributed by atoms with Crippen LogP contribution in [0.2, 0.25) is 0 Å². The number of rotatable bonds is 3. The van der Waals surface area contributed by atoms with Crippen molar-refractivity contribution in [1.29, 1.82) is 0 Å². The second-order valence-corrected chi connectivity index (χ2v) is 9.15. The maximum atomic E-state index is 8.88. The first-order valence-corrected chi connectivity index (χ1v) is 11.6. The van der Waals surface area contributed by atoms with Crippen molar-refractivity contribution in [3.8, 4) is 22.4 Å². The highest BCUT2D eigenvalue weighted by Crippen LogP contribution is 2.37. The minimum Gasteiger partial charge on any atom is -0.198 e. The fourth-order valence-electron chi connectivity index (χ4n) is 5.20. The third-order valence-corrected chi connectivity index (χ3v) is 7.13. The molecule has 1 nitrogen and oxygen atoms in total. The Hall–Kier alpha value is -2.93.